The van der Waals surface area contributed by atoms with Gasteiger partial charge < -0.3 is 4.90 Å². The molecule has 19 heavy (non-hydrogen) atoms. The van der Waals surface area contributed by atoms with E-state index in [1.807, 2.05) is 0 Å². The summed E-state index contributed by atoms with van der Waals surface area (Å²) in [5, 5.41) is 11.1. The molecule has 1 fully saturated rings. The van der Waals surface area contributed by atoms with Gasteiger partial charge in [-0.05, 0) is 57.2 Å². The lowest BCUT2D eigenvalue weighted by Crippen LogP contribution is -2.35. The second-order valence-electron chi connectivity index (χ2n) is 4.39. The molecule has 102 valence electrons. The summed E-state index contributed by atoms with van der Waals surface area (Å²) in [6, 6.07) is 2.88. The van der Waals surface area contributed by atoms with Crippen LogP contribution in [0, 0.1) is 10.1 Å². The molecule has 0 N–H and O–H groups in total. The first-order valence-electron chi connectivity index (χ1n) is 5.93. The summed E-state index contributed by atoms with van der Waals surface area (Å²) >= 11 is 6.50. The number of nitrogens with zero attached hydrogens (tertiary/aromatic N) is 2. The third-order valence-electron chi connectivity index (χ3n) is 3.11. The molecule has 0 unspecified atom stereocenters. The minimum atomic E-state index is -0.519. The highest BCUT2D eigenvalue weighted by atomic mass is 79.9. The predicted octanol–water partition coefficient (Wildman–Crippen LogP) is 3.75. The van der Waals surface area contributed by atoms with Crippen LogP contribution in [0.3, 0.4) is 0 Å². The molecule has 5 nitrogen and oxygen atoms in total. The van der Waals surface area contributed by atoms with Crippen LogP contribution in [-0.2, 0) is 0 Å². The van der Waals surface area contributed by atoms with Gasteiger partial charge in [0.1, 0.15) is 5.56 Å². The number of carbonyl (C=O) groups excluding carboxylic acids is 1. The minimum Gasteiger partial charge on any atom is -0.338 e. The highest BCUT2D eigenvalue weighted by Gasteiger charge is 2.27. The SMILES string of the molecule is O=C(c1cc(Br)c(Br)cc1[N+](=O)[O-])N1CCCCC1. The van der Waals surface area contributed by atoms with Crippen molar-refractivity contribution in [2.45, 2.75) is 19.3 Å². The third kappa shape index (κ3) is 3.14. The molecule has 1 aliphatic rings. The van der Waals surface area contributed by atoms with Crippen LogP contribution in [-0.4, -0.2) is 28.8 Å². The summed E-state index contributed by atoms with van der Waals surface area (Å²) in [6.07, 6.45) is 3.02. The van der Waals surface area contributed by atoms with Gasteiger partial charge in [0.2, 0.25) is 0 Å². The molecule has 1 aliphatic heterocycles. The summed E-state index contributed by atoms with van der Waals surface area (Å²) in [4.78, 5) is 24.6. The van der Waals surface area contributed by atoms with Gasteiger partial charge in [-0.3, -0.25) is 14.9 Å². The van der Waals surface area contributed by atoms with E-state index in [0.717, 1.165) is 19.3 Å². The number of amides is 1. The van der Waals surface area contributed by atoms with Gasteiger partial charge in [0.05, 0.1) is 4.92 Å². The lowest BCUT2D eigenvalue weighted by Gasteiger charge is -2.26. The van der Waals surface area contributed by atoms with Crippen LogP contribution in [0.5, 0.6) is 0 Å². The number of hydrogen-bond donors (Lipinski definition) is 0. The Balaban J connectivity index is 2.39. The number of hydrogen-bond acceptors (Lipinski definition) is 3. The summed E-state index contributed by atoms with van der Waals surface area (Å²) in [7, 11) is 0. The molecule has 1 heterocycles. The fourth-order valence-corrected chi connectivity index (χ4v) is 2.80. The van der Waals surface area contributed by atoms with Crippen LogP contribution in [0.2, 0.25) is 0 Å². The minimum absolute atomic E-state index is 0.141. The fourth-order valence-electron chi connectivity index (χ4n) is 2.13. The highest BCUT2D eigenvalue weighted by Crippen LogP contribution is 2.32. The van der Waals surface area contributed by atoms with Crippen LogP contribution < -0.4 is 0 Å². The topological polar surface area (TPSA) is 63.4 Å². The Morgan fingerprint density at radius 3 is 2.32 bits per heavy atom. The molecule has 0 spiro atoms. The molecule has 1 aromatic rings. The first-order valence-corrected chi connectivity index (χ1v) is 7.52. The number of halogens is 2. The van der Waals surface area contributed by atoms with Crippen molar-refractivity contribution >= 4 is 43.5 Å². The summed E-state index contributed by atoms with van der Waals surface area (Å²) in [6.45, 7) is 1.34. The van der Waals surface area contributed by atoms with Crippen molar-refractivity contribution in [1.29, 1.82) is 0 Å². The fraction of sp³-hybridized carbons (Fsp3) is 0.417. The first kappa shape index (κ1) is 14.5. The lowest BCUT2D eigenvalue weighted by molar-refractivity contribution is -0.385. The van der Waals surface area contributed by atoms with E-state index in [-0.39, 0.29) is 17.2 Å². The van der Waals surface area contributed by atoms with E-state index in [1.54, 1.807) is 4.90 Å². The van der Waals surface area contributed by atoms with Crippen molar-refractivity contribution in [2.24, 2.45) is 0 Å². The normalized spacial score (nSPS) is 15.4. The molecule has 0 saturated carbocycles. The Labute approximate surface area is 127 Å². The molecule has 0 aliphatic carbocycles. The zero-order valence-electron chi connectivity index (χ0n) is 10.1. The number of benzene rings is 1. The Kier molecular flexibility index (Phi) is 4.57. The standard InChI is InChI=1S/C12H12Br2N2O3/c13-9-6-8(11(16(18)19)7-10(9)14)12(17)15-4-2-1-3-5-15/h6-7H,1-5H2. The Bertz CT molecular complexity index is 528. The van der Waals surface area contributed by atoms with Crippen molar-refractivity contribution in [3.8, 4) is 0 Å². The molecular formula is C12H12Br2N2O3. The van der Waals surface area contributed by atoms with Crippen molar-refractivity contribution in [3.05, 3.63) is 36.8 Å². The second-order valence-corrected chi connectivity index (χ2v) is 6.10. The van der Waals surface area contributed by atoms with Crippen molar-refractivity contribution < 1.29 is 9.72 Å². The van der Waals surface area contributed by atoms with E-state index in [0.29, 0.717) is 22.0 Å². The summed E-state index contributed by atoms with van der Waals surface area (Å²) in [5.41, 5.74) is -0.0207. The number of carbonyl (C=O) groups is 1. The van der Waals surface area contributed by atoms with Gasteiger partial charge >= 0.3 is 0 Å². The van der Waals surface area contributed by atoms with E-state index in [9.17, 15) is 14.9 Å². The van der Waals surface area contributed by atoms with Crippen LogP contribution in [0.1, 0.15) is 29.6 Å². The molecule has 0 bridgehead atoms. The Hall–Kier alpha value is -0.950. The number of likely N-dealkylation sites (tertiary alicyclic amines) is 1. The molecular weight excluding hydrogens is 380 g/mol. The number of rotatable bonds is 2. The number of piperidine rings is 1. The van der Waals surface area contributed by atoms with Crippen LogP contribution in [0.4, 0.5) is 5.69 Å². The molecule has 2 rings (SSSR count). The zero-order valence-corrected chi connectivity index (χ0v) is 13.2. The van der Waals surface area contributed by atoms with Gasteiger partial charge in [-0.1, -0.05) is 0 Å². The average molecular weight is 392 g/mol. The maximum Gasteiger partial charge on any atom is 0.283 e. The lowest BCUT2D eigenvalue weighted by atomic mass is 10.1. The predicted molar refractivity (Wildman–Crippen MR) is 78.3 cm³/mol. The number of nitro groups is 1. The van der Waals surface area contributed by atoms with E-state index < -0.39 is 4.92 Å². The Morgan fingerprint density at radius 2 is 1.74 bits per heavy atom. The van der Waals surface area contributed by atoms with Crippen LogP contribution >= 0.6 is 31.9 Å². The molecule has 7 heteroatoms. The maximum absolute atomic E-state index is 12.4. The van der Waals surface area contributed by atoms with E-state index >= 15 is 0 Å². The second kappa shape index (κ2) is 6.00. The van der Waals surface area contributed by atoms with E-state index in [2.05, 4.69) is 31.9 Å². The van der Waals surface area contributed by atoms with Gasteiger partial charge in [0, 0.05) is 28.1 Å². The van der Waals surface area contributed by atoms with Crippen molar-refractivity contribution in [1.82, 2.24) is 4.90 Å². The molecule has 1 aromatic carbocycles. The molecule has 0 radical (unpaired) electrons. The maximum atomic E-state index is 12.4. The average Bonchev–Trinajstić information content (AvgIpc) is 2.41. The highest BCUT2D eigenvalue weighted by molar-refractivity contribution is 9.13. The summed E-state index contributed by atoms with van der Waals surface area (Å²) in [5.74, 6) is -0.264. The van der Waals surface area contributed by atoms with Gasteiger partial charge in [0.15, 0.2) is 0 Å². The molecule has 0 atom stereocenters. The van der Waals surface area contributed by atoms with E-state index in [1.165, 1.54) is 12.1 Å². The number of nitro benzene ring substituents is 1. The molecule has 0 aromatic heterocycles. The van der Waals surface area contributed by atoms with Crippen molar-refractivity contribution in [3.63, 3.8) is 0 Å². The van der Waals surface area contributed by atoms with Crippen LogP contribution in [0.15, 0.2) is 21.1 Å². The smallest absolute Gasteiger partial charge is 0.283 e. The summed E-state index contributed by atoms with van der Waals surface area (Å²) < 4.78 is 1.20. The quantitative estimate of drug-likeness (QED) is 0.569. The monoisotopic (exact) mass is 390 g/mol. The Morgan fingerprint density at radius 1 is 1.16 bits per heavy atom. The van der Waals surface area contributed by atoms with E-state index in [4.69, 9.17) is 0 Å². The molecule has 1 saturated heterocycles. The van der Waals surface area contributed by atoms with Gasteiger partial charge in [-0.2, -0.15) is 0 Å². The van der Waals surface area contributed by atoms with Crippen molar-refractivity contribution in [2.75, 3.05) is 13.1 Å². The third-order valence-corrected chi connectivity index (χ3v) is 4.95. The van der Waals surface area contributed by atoms with Gasteiger partial charge in [-0.25, -0.2) is 0 Å². The van der Waals surface area contributed by atoms with Gasteiger partial charge in [0.25, 0.3) is 11.6 Å². The zero-order chi connectivity index (χ0) is 14.0. The van der Waals surface area contributed by atoms with Gasteiger partial charge in [-0.15, -0.1) is 0 Å². The largest absolute Gasteiger partial charge is 0.338 e. The molecule has 1 amide bonds. The van der Waals surface area contributed by atoms with Crippen LogP contribution in [0.25, 0.3) is 0 Å². The first-order chi connectivity index (χ1) is 9.00.